The number of azo groups is 2. The first-order chi connectivity index (χ1) is 21.7. The van der Waals surface area contributed by atoms with Crippen LogP contribution >= 0.6 is 0 Å². The van der Waals surface area contributed by atoms with Crippen molar-refractivity contribution in [3.63, 3.8) is 0 Å². The van der Waals surface area contributed by atoms with Gasteiger partial charge in [-0.25, -0.2) is 0 Å². The van der Waals surface area contributed by atoms with E-state index < -0.39 is 68.5 Å². The zero-order valence-corrected chi connectivity index (χ0v) is 24.6. The number of hydrogen-bond donors (Lipinski definition) is 4. The molecule has 46 heavy (non-hydrogen) atoms. The maximum absolute atomic E-state index is 12.4. The van der Waals surface area contributed by atoms with E-state index in [2.05, 4.69) is 20.5 Å². The molecule has 5 rings (SSSR count). The average Bonchev–Trinajstić information content (AvgIpc) is 3.00. The standard InChI is InChI=1S/C28H20N6O10S2/c29-26-21(32-30-16-7-6-8-17(13-16)34(36)37)15-23(45(38,39)40)19-14-24(46(41,42)43)27(28(35)25(19)26)33-31-20-11-4-5-12-22(20)44-18-9-2-1-3-10-18/h1-15,35H,29H2,(H,38,39,40)(H,41,42,43). The maximum Gasteiger partial charge on any atom is 0.296 e. The van der Waals surface area contributed by atoms with Gasteiger partial charge < -0.3 is 15.6 Å². The highest BCUT2D eigenvalue weighted by Crippen LogP contribution is 2.48. The van der Waals surface area contributed by atoms with Crippen LogP contribution in [-0.4, -0.2) is 36.0 Å². The number of anilines is 1. The summed E-state index contributed by atoms with van der Waals surface area (Å²) in [6.45, 7) is 0. The first-order valence-electron chi connectivity index (χ1n) is 12.7. The van der Waals surface area contributed by atoms with Crippen LogP contribution in [0.15, 0.2) is 121 Å². The first-order valence-corrected chi connectivity index (χ1v) is 15.6. The summed E-state index contributed by atoms with van der Waals surface area (Å²) in [5.41, 5.74) is 4.20. The van der Waals surface area contributed by atoms with E-state index in [1.807, 2.05) is 0 Å². The zero-order chi connectivity index (χ0) is 33.2. The van der Waals surface area contributed by atoms with Gasteiger partial charge in [-0.15, -0.1) is 15.3 Å². The highest BCUT2D eigenvalue weighted by molar-refractivity contribution is 7.86. The fourth-order valence-electron chi connectivity index (χ4n) is 4.22. The van der Waals surface area contributed by atoms with Crippen LogP contribution in [0.5, 0.6) is 17.2 Å². The number of nitrogen functional groups attached to an aromatic ring is 1. The van der Waals surface area contributed by atoms with Crippen molar-refractivity contribution >= 4 is 65.1 Å². The Labute approximate surface area is 259 Å². The normalized spacial score (nSPS) is 12.2. The number of fused-ring (bicyclic) bond motifs is 1. The molecule has 0 fully saturated rings. The summed E-state index contributed by atoms with van der Waals surface area (Å²) in [5.74, 6) is -0.428. The van der Waals surface area contributed by atoms with Crippen LogP contribution < -0.4 is 10.5 Å². The largest absolute Gasteiger partial charge is 0.505 e. The van der Waals surface area contributed by atoms with Crippen molar-refractivity contribution in [3.8, 4) is 17.2 Å². The molecule has 0 bridgehead atoms. The van der Waals surface area contributed by atoms with Crippen molar-refractivity contribution in [2.45, 2.75) is 9.79 Å². The van der Waals surface area contributed by atoms with Crippen LogP contribution in [0.4, 0.5) is 34.1 Å². The van der Waals surface area contributed by atoms with Gasteiger partial charge in [0.15, 0.2) is 11.5 Å². The number of ether oxygens (including phenoxy) is 1. The van der Waals surface area contributed by atoms with Crippen LogP contribution in [-0.2, 0) is 20.2 Å². The Morgan fingerprint density at radius 3 is 2.07 bits per heavy atom. The van der Waals surface area contributed by atoms with Gasteiger partial charge in [-0.3, -0.25) is 19.2 Å². The van der Waals surface area contributed by atoms with Crippen molar-refractivity contribution in [1.82, 2.24) is 0 Å². The van der Waals surface area contributed by atoms with Gasteiger partial charge in [-0.05, 0) is 42.5 Å². The number of nitro groups is 1. The van der Waals surface area contributed by atoms with E-state index >= 15 is 0 Å². The van der Waals surface area contributed by atoms with Crippen molar-refractivity contribution in [3.05, 3.63) is 101 Å². The molecule has 0 unspecified atom stereocenters. The third-order valence-electron chi connectivity index (χ3n) is 6.28. The quantitative estimate of drug-likeness (QED) is 0.0404. The molecule has 234 valence electrons. The fourth-order valence-corrected chi connectivity index (χ4v) is 5.57. The van der Waals surface area contributed by atoms with Gasteiger partial charge in [0, 0.05) is 17.5 Å². The molecular formula is C28H20N6O10S2. The number of para-hydroxylation sites is 2. The Morgan fingerprint density at radius 2 is 1.39 bits per heavy atom. The van der Waals surface area contributed by atoms with Gasteiger partial charge in [-0.2, -0.15) is 21.9 Å². The minimum atomic E-state index is -5.21. The van der Waals surface area contributed by atoms with Crippen LogP contribution in [0.2, 0.25) is 0 Å². The molecular weight excluding hydrogens is 644 g/mol. The third-order valence-corrected chi connectivity index (χ3v) is 8.04. The number of benzene rings is 5. The smallest absolute Gasteiger partial charge is 0.296 e. The van der Waals surface area contributed by atoms with E-state index in [0.29, 0.717) is 11.8 Å². The number of nitrogens with zero attached hydrogens (tertiary/aromatic N) is 5. The Bertz CT molecular complexity index is 2300. The average molecular weight is 665 g/mol. The topological polar surface area (TPSA) is 257 Å². The summed E-state index contributed by atoms with van der Waals surface area (Å²) in [4.78, 5) is 8.39. The van der Waals surface area contributed by atoms with Gasteiger partial charge in [0.2, 0.25) is 0 Å². The lowest BCUT2D eigenvalue weighted by molar-refractivity contribution is -0.384. The maximum atomic E-state index is 12.4. The lowest BCUT2D eigenvalue weighted by Gasteiger charge is -2.14. The van der Waals surface area contributed by atoms with Gasteiger partial charge >= 0.3 is 0 Å². The first kappa shape index (κ1) is 31.6. The molecule has 0 aliphatic carbocycles. The number of phenolic OH excluding ortho intramolecular Hbond substituents is 1. The third kappa shape index (κ3) is 6.64. The molecule has 0 radical (unpaired) electrons. The van der Waals surface area contributed by atoms with Gasteiger partial charge in [0.1, 0.15) is 32.6 Å². The number of rotatable bonds is 9. The Kier molecular flexibility index (Phi) is 8.44. The number of hydrogen-bond acceptors (Lipinski definition) is 13. The number of nitrogens with two attached hydrogens (primary N) is 1. The summed E-state index contributed by atoms with van der Waals surface area (Å²) < 4.78 is 75.4. The molecule has 0 atom stereocenters. The minimum absolute atomic E-state index is 0.0288. The molecule has 5 aromatic carbocycles. The van der Waals surface area contributed by atoms with E-state index in [9.17, 15) is 41.2 Å². The van der Waals surface area contributed by atoms with Crippen LogP contribution in [0.1, 0.15) is 0 Å². The molecule has 0 aliphatic rings. The lowest BCUT2D eigenvalue weighted by atomic mass is 10.0. The molecule has 0 amide bonds. The number of aromatic hydroxyl groups is 1. The number of non-ortho nitro benzene ring substituents is 1. The summed E-state index contributed by atoms with van der Waals surface area (Å²) in [6.07, 6.45) is 0. The molecule has 0 heterocycles. The second-order valence-corrected chi connectivity index (χ2v) is 12.1. The summed E-state index contributed by atoms with van der Waals surface area (Å²) in [7, 11) is -10.4. The van der Waals surface area contributed by atoms with Crippen LogP contribution in [0, 0.1) is 10.1 Å². The second kappa shape index (κ2) is 12.3. The molecule has 16 nitrogen and oxygen atoms in total. The monoisotopic (exact) mass is 664 g/mol. The Hall–Kier alpha value is -5.82. The SMILES string of the molecule is Nc1c(N=Nc2cccc([N+](=O)[O-])c2)cc(S(=O)(=O)O)c2cc(S(=O)(=O)O)c(N=Nc3ccccc3Oc3ccccc3)c(O)c12. The molecule has 5 aromatic rings. The van der Waals surface area contributed by atoms with E-state index in [1.165, 1.54) is 24.3 Å². The van der Waals surface area contributed by atoms with Crippen LogP contribution in [0.3, 0.4) is 0 Å². The second-order valence-electron chi connectivity index (χ2n) is 9.31. The fraction of sp³-hybridized carbons (Fsp3) is 0. The molecule has 0 spiro atoms. The number of phenols is 1. The summed E-state index contributed by atoms with van der Waals surface area (Å²) in [5, 5.41) is 36.7. The molecule has 0 saturated heterocycles. The van der Waals surface area contributed by atoms with Crippen molar-refractivity contribution in [2.75, 3.05) is 5.73 Å². The van der Waals surface area contributed by atoms with Gasteiger partial charge in [-0.1, -0.05) is 36.4 Å². The van der Waals surface area contributed by atoms with E-state index in [4.69, 9.17) is 10.5 Å². The van der Waals surface area contributed by atoms with E-state index in [-0.39, 0.29) is 22.8 Å². The Balaban J connectivity index is 1.72. The van der Waals surface area contributed by atoms with Crippen molar-refractivity contribution in [1.29, 1.82) is 0 Å². The summed E-state index contributed by atoms with van der Waals surface area (Å²) in [6, 6.07) is 21.1. The summed E-state index contributed by atoms with van der Waals surface area (Å²) >= 11 is 0. The predicted octanol–water partition coefficient (Wildman–Crippen LogP) is 7.15. The molecule has 0 saturated carbocycles. The molecule has 0 aromatic heterocycles. The van der Waals surface area contributed by atoms with E-state index in [0.717, 1.165) is 12.1 Å². The highest BCUT2D eigenvalue weighted by atomic mass is 32.2. The van der Waals surface area contributed by atoms with Crippen LogP contribution in [0.25, 0.3) is 10.8 Å². The van der Waals surface area contributed by atoms with Crippen molar-refractivity contribution < 1.29 is 40.7 Å². The molecule has 18 heteroatoms. The van der Waals surface area contributed by atoms with Gasteiger partial charge in [0.25, 0.3) is 25.9 Å². The Morgan fingerprint density at radius 1 is 0.739 bits per heavy atom. The lowest BCUT2D eigenvalue weighted by Crippen LogP contribution is -2.04. The highest BCUT2D eigenvalue weighted by Gasteiger charge is 2.28. The zero-order valence-electron chi connectivity index (χ0n) is 23.0. The van der Waals surface area contributed by atoms with Crippen molar-refractivity contribution in [2.24, 2.45) is 20.5 Å². The molecule has 5 N–H and O–H groups in total. The number of nitro benzene ring substituents is 1. The molecule has 0 aliphatic heterocycles. The van der Waals surface area contributed by atoms with Gasteiger partial charge in [0.05, 0.1) is 21.7 Å². The minimum Gasteiger partial charge on any atom is -0.505 e. The predicted molar refractivity (Wildman–Crippen MR) is 164 cm³/mol. The van der Waals surface area contributed by atoms with E-state index in [1.54, 1.807) is 48.5 Å².